The Morgan fingerprint density at radius 2 is 2.04 bits per heavy atom. The highest BCUT2D eigenvalue weighted by Crippen LogP contribution is 2.27. The van der Waals surface area contributed by atoms with Crippen molar-refractivity contribution in [3.05, 3.63) is 46.5 Å². The molecule has 0 spiro atoms. The van der Waals surface area contributed by atoms with Crippen LogP contribution in [0.3, 0.4) is 0 Å². The molecule has 1 fully saturated rings. The van der Waals surface area contributed by atoms with Gasteiger partial charge in [-0.1, -0.05) is 30.3 Å². The van der Waals surface area contributed by atoms with E-state index in [-0.39, 0.29) is 11.3 Å². The number of benzene rings is 1. The molecule has 2 heterocycles. The Morgan fingerprint density at radius 1 is 1.30 bits per heavy atom. The second-order valence-electron chi connectivity index (χ2n) is 5.23. The molecule has 1 aliphatic rings. The van der Waals surface area contributed by atoms with E-state index in [0.717, 1.165) is 24.3 Å². The monoisotopic (exact) mass is 327 g/mol. The molecule has 0 bridgehead atoms. The molecule has 2 aromatic rings. The van der Waals surface area contributed by atoms with Crippen LogP contribution in [0.2, 0.25) is 0 Å². The fourth-order valence-corrected chi connectivity index (χ4v) is 3.26. The third-order valence-corrected chi connectivity index (χ3v) is 4.52. The van der Waals surface area contributed by atoms with Crippen molar-refractivity contribution in [2.24, 2.45) is 0 Å². The van der Waals surface area contributed by atoms with Gasteiger partial charge in [-0.25, -0.2) is 4.98 Å². The normalized spacial score (nSPS) is 16.7. The Labute approximate surface area is 139 Å². The zero-order valence-electron chi connectivity index (χ0n) is 12.6. The molecule has 118 valence electrons. The topological polar surface area (TPSA) is 69.4 Å². The maximum absolute atomic E-state index is 10.3. The first-order chi connectivity index (χ1) is 11.3. The first-order valence-electron chi connectivity index (χ1n) is 7.41. The van der Waals surface area contributed by atoms with Crippen molar-refractivity contribution < 1.29 is 9.84 Å². The average molecular weight is 327 g/mol. The third kappa shape index (κ3) is 3.77. The number of rotatable bonds is 4. The molecule has 1 aromatic heterocycles. The van der Waals surface area contributed by atoms with Crippen LogP contribution in [0.4, 0.5) is 0 Å². The van der Waals surface area contributed by atoms with E-state index in [1.54, 1.807) is 0 Å². The van der Waals surface area contributed by atoms with Crippen molar-refractivity contribution in [2.75, 3.05) is 32.8 Å². The van der Waals surface area contributed by atoms with E-state index in [2.05, 4.69) is 16.0 Å². The summed E-state index contributed by atoms with van der Waals surface area (Å²) in [6.45, 7) is 3.19. The van der Waals surface area contributed by atoms with Crippen LogP contribution in [0.15, 0.2) is 41.5 Å². The van der Waals surface area contributed by atoms with Crippen molar-refractivity contribution in [1.82, 2.24) is 9.88 Å². The lowest BCUT2D eigenvalue weighted by atomic mass is 10.2. The minimum atomic E-state index is 0.0726. The molecule has 0 saturated carbocycles. The Bertz CT molecular complexity index is 728. The summed E-state index contributed by atoms with van der Waals surface area (Å²) >= 11 is 1.37. The number of allylic oxidation sites excluding steroid dienone is 1. The molecule has 0 unspecified atom stereocenters. The number of aliphatic hydroxyl groups excluding tert-OH is 1. The van der Waals surface area contributed by atoms with Crippen LogP contribution >= 0.6 is 11.3 Å². The molecular formula is C17H17N3O2S. The number of aromatic nitrogens is 1. The Kier molecular flexibility index (Phi) is 5.03. The van der Waals surface area contributed by atoms with Crippen molar-refractivity contribution in [2.45, 2.75) is 0 Å². The van der Waals surface area contributed by atoms with E-state index in [9.17, 15) is 10.4 Å². The number of morpholine rings is 1. The number of thiazole rings is 1. The van der Waals surface area contributed by atoms with E-state index in [0.29, 0.717) is 24.8 Å². The third-order valence-electron chi connectivity index (χ3n) is 3.67. The van der Waals surface area contributed by atoms with Gasteiger partial charge in [-0.3, -0.25) is 4.90 Å². The number of ether oxygens (including phenoxy) is 1. The van der Waals surface area contributed by atoms with E-state index < -0.39 is 0 Å². The summed E-state index contributed by atoms with van der Waals surface area (Å²) < 4.78 is 5.29. The summed E-state index contributed by atoms with van der Waals surface area (Å²) in [6.07, 6.45) is 0. The molecule has 0 atom stereocenters. The molecular weight excluding hydrogens is 310 g/mol. The van der Waals surface area contributed by atoms with Gasteiger partial charge >= 0.3 is 0 Å². The Morgan fingerprint density at radius 3 is 2.74 bits per heavy atom. The highest BCUT2D eigenvalue weighted by Gasteiger charge is 2.17. The summed E-state index contributed by atoms with van der Waals surface area (Å²) in [7, 11) is 0. The molecule has 23 heavy (non-hydrogen) atoms. The Hall–Kier alpha value is -2.20. The molecule has 0 radical (unpaired) electrons. The van der Waals surface area contributed by atoms with Crippen molar-refractivity contribution in [3.8, 4) is 17.3 Å². The zero-order chi connectivity index (χ0) is 16.1. The van der Waals surface area contributed by atoms with Gasteiger partial charge < -0.3 is 9.84 Å². The summed E-state index contributed by atoms with van der Waals surface area (Å²) in [6, 6.07) is 11.9. The lowest BCUT2D eigenvalue weighted by molar-refractivity contribution is 0.0381. The quantitative estimate of drug-likeness (QED) is 0.691. The largest absolute Gasteiger partial charge is 0.509 e. The molecule has 5 nitrogen and oxygen atoms in total. The lowest BCUT2D eigenvalue weighted by Gasteiger charge is -2.26. The van der Waals surface area contributed by atoms with E-state index in [1.165, 1.54) is 11.3 Å². The van der Waals surface area contributed by atoms with Crippen LogP contribution in [0.1, 0.15) is 5.01 Å². The number of hydrogen-bond acceptors (Lipinski definition) is 6. The van der Waals surface area contributed by atoms with E-state index in [4.69, 9.17) is 4.74 Å². The molecule has 6 heteroatoms. The van der Waals surface area contributed by atoms with Gasteiger partial charge in [0.2, 0.25) is 0 Å². The standard InChI is InChI=1S/C17H17N3O2S/c18-10-14(16(21)11-20-6-8-22-9-7-20)17-19-15(12-23-17)13-4-2-1-3-5-13/h1-5,12,21H,6-9,11H2/b16-14-. The van der Waals surface area contributed by atoms with Gasteiger partial charge in [0.05, 0.1) is 25.5 Å². The van der Waals surface area contributed by atoms with Crippen molar-refractivity contribution >= 4 is 16.9 Å². The van der Waals surface area contributed by atoms with Gasteiger partial charge in [0, 0.05) is 24.0 Å². The smallest absolute Gasteiger partial charge is 0.138 e. The second kappa shape index (κ2) is 7.38. The summed E-state index contributed by atoms with van der Waals surface area (Å²) in [5, 5.41) is 22.2. The van der Waals surface area contributed by atoms with Crippen LogP contribution < -0.4 is 0 Å². The average Bonchev–Trinajstić information content (AvgIpc) is 3.07. The van der Waals surface area contributed by atoms with Gasteiger partial charge in [-0.05, 0) is 0 Å². The SMILES string of the molecule is N#C/C(=C(/O)CN1CCOCC1)c1nc(-c2ccccc2)cs1. The molecule has 0 aliphatic carbocycles. The van der Waals surface area contributed by atoms with Crippen LogP contribution in [0.25, 0.3) is 16.8 Å². The maximum atomic E-state index is 10.3. The number of nitriles is 1. The summed E-state index contributed by atoms with van der Waals surface area (Å²) in [5.41, 5.74) is 2.07. The molecule has 1 N–H and O–H groups in total. The van der Waals surface area contributed by atoms with Crippen LogP contribution in [0.5, 0.6) is 0 Å². The first kappa shape index (κ1) is 15.7. The minimum absolute atomic E-state index is 0.0726. The molecule has 3 rings (SSSR count). The maximum Gasteiger partial charge on any atom is 0.138 e. The van der Waals surface area contributed by atoms with Crippen LogP contribution in [-0.2, 0) is 4.74 Å². The van der Waals surface area contributed by atoms with Crippen LogP contribution in [0, 0.1) is 11.3 Å². The summed E-state index contributed by atoms with van der Waals surface area (Å²) in [4.78, 5) is 6.57. The van der Waals surface area contributed by atoms with Crippen molar-refractivity contribution in [3.63, 3.8) is 0 Å². The zero-order valence-corrected chi connectivity index (χ0v) is 13.4. The fraction of sp³-hybridized carbons (Fsp3) is 0.294. The van der Waals surface area contributed by atoms with Crippen LogP contribution in [-0.4, -0.2) is 47.8 Å². The predicted octanol–water partition coefficient (Wildman–Crippen LogP) is 2.93. The molecule has 0 amide bonds. The fourth-order valence-electron chi connectivity index (χ4n) is 2.42. The predicted molar refractivity (Wildman–Crippen MR) is 90.0 cm³/mol. The van der Waals surface area contributed by atoms with Gasteiger partial charge in [0.15, 0.2) is 0 Å². The molecule has 1 aliphatic heterocycles. The van der Waals surface area contributed by atoms with Gasteiger partial charge in [-0.2, -0.15) is 5.26 Å². The van der Waals surface area contributed by atoms with E-state index >= 15 is 0 Å². The van der Waals surface area contributed by atoms with Gasteiger partial charge in [0.1, 0.15) is 22.4 Å². The lowest BCUT2D eigenvalue weighted by Crippen LogP contribution is -2.37. The number of aliphatic hydroxyl groups is 1. The molecule has 1 saturated heterocycles. The first-order valence-corrected chi connectivity index (χ1v) is 8.29. The minimum Gasteiger partial charge on any atom is -0.509 e. The highest BCUT2D eigenvalue weighted by molar-refractivity contribution is 7.11. The van der Waals surface area contributed by atoms with E-state index in [1.807, 2.05) is 35.7 Å². The second-order valence-corrected chi connectivity index (χ2v) is 6.08. The van der Waals surface area contributed by atoms with Gasteiger partial charge in [-0.15, -0.1) is 11.3 Å². The highest BCUT2D eigenvalue weighted by atomic mass is 32.1. The Balaban J connectivity index is 1.81. The van der Waals surface area contributed by atoms with Crippen molar-refractivity contribution in [1.29, 1.82) is 5.26 Å². The molecule has 1 aromatic carbocycles. The van der Waals surface area contributed by atoms with Gasteiger partial charge in [0.25, 0.3) is 0 Å². The number of hydrogen-bond donors (Lipinski definition) is 1. The number of nitrogens with zero attached hydrogens (tertiary/aromatic N) is 3. The summed E-state index contributed by atoms with van der Waals surface area (Å²) in [5.74, 6) is 0.0726.